The summed E-state index contributed by atoms with van der Waals surface area (Å²) in [6.45, 7) is 2.19. The van der Waals surface area contributed by atoms with Gasteiger partial charge in [0, 0.05) is 5.57 Å². The third-order valence-electron chi connectivity index (χ3n) is 1.98. The van der Waals surface area contributed by atoms with Gasteiger partial charge in [-0.15, -0.1) is 0 Å². The van der Waals surface area contributed by atoms with Crippen LogP contribution < -0.4 is 0 Å². The molecule has 3 nitrogen and oxygen atoms in total. The van der Waals surface area contributed by atoms with Crippen molar-refractivity contribution in [3.8, 4) is 6.07 Å². The van der Waals surface area contributed by atoms with E-state index in [9.17, 15) is 4.79 Å². The van der Waals surface area contributed by atoms with E-state index in [1.165, 1.54) is 0 Å². The molecule has 0 amide bonds. The van der Waals surface area contributed by atoms with Crippen LogP contribution in [0, 0.1) is 11.3 Å². The van der Waals surface area contributed by atoms with E-state index in [4.69, 9.17) is 10.00 Å². The standard InChI is InChI=1S/C11H13NO2/c1-2-14-11(13)7-9-4-3-5-10(6-9)8-12/h4,6H,2-3,5,7H2,1H3. The zero-order chi connectivity index (χ0) is 10.4. The average molecular weight is 191 g/mol. The summed E-state index contributed by atoms with van der Waals surface area (Å²) in [6, 6.07) is 2.11. The fraction of sp³-hybridized carbons (Fsp3) is 0.455. The summed E-state index contributed by atoms with van der Waals surface area (Å²) in [5.41, 5.74) is 1.64. The quantitative estimate of drug-likeness (QED) is 0.642. The van der Waals surface area contributed by atoms with Gasteiger partial charge in [0.25, 0.3) is 0 Å². The highest BCUT2D eigenvalue weighted by atomic mass is 16.5. The summed E-state index contributed by atoms with van der Waals surface area (Å²) in [4.78, 5) is 11.1. The van der Waals surface area contributed by atoms with E-state index in [1.807, 2.05) is 6.08 Å². The molecule has 0 aromatic heterocycles. The molecule has 0 radical (unpaired) electrons. The predicted molar refractivity (Wildman–Crippen MR) is 52.3 cm³/mol. The number of nitrogens with zero attached hydrogens (tertiary/aromatic N) is 1. The minimum atomic E-state index is -0.228. The maximum atomic E-state index is 11.1. The molecule has 0 aromatic carbocycles. The molecular formula is C11H13NO2. The van der Waals surface area contributed by atoms with E-state index in [-0.39, 0.29) is 12.4 Å². The van der Waals surface area contributed by atoms with Crippen LogP contribution in [0.3, 0.4) is 0 Å². The molecule has 14 heavy (non-hydrogen) atoms. The molecule has 1 aliphatic carbocycles. The second-order valence-electron chi connectivity index (χ2n) is 3.08. The van der Waals surface area contributed by atoms with Crippen LogP contribution in [0.5, 0.6) is 0 Å². The Morgan fingerprint density at radius 2 is 2.50 bits per heavy atom. The van der Waals surface area contributed by atoms with Gasteiger partial charge < -0.3 is 4.74 Å². The van der Waals surface area contributed by atoms with Gasteiger partial charge >= 0.3 is 5.97 Å². The van der Waals surface area contributed by atoms with Crippen molar-refractivity contribution in [2.24, 2.45) is 0 Å². The summed E-state index contributed by atoms with van der Waals surface area (Å²) >= 11 is 0. The van der Waals surface area contributed by atoms with Crippen LogP contribution in [-0.2, 0) is 9.53 Å². The van der Waals surface area contributed by atoms with Gasteiger partial charge in [-0.05, 0) is 31.4 Å². The Bertz CT molecular complexity index is 321. The van der Waals surface area contributed by atoms with Crippen molar-refractivity contribution < 1.29 is 9.53 Å². The molecule has 0 saturated carbocycles. The van der Waals surface area contributed by atoms with Gasteiger partial charge in [-0.1, -0.05) is 6.08 Å². The summed E-state index contributed by atoms with van der Waals surface area (Å²) in [6.07, 6.45) is 5.66. The first-order valence-electron chi connectivity index (χ1n) is 4.71. The van der Waals surface area contributed by atoms with E-state index in [0.717, 1.165) is 24.0 Å². The first kappa shape index (κ1) is 10.5. The van der Waals surface area contributed by atoms with Crippen LogP contribution in [0.1, 0.15) is 26.2 Å². The molecule has 1 aliphatic rings. The highest BCUT2D eigenvalue weighted by Gasteiger charge is 2.09. The van der Waals surface area contributed by atoms with Crippen LogP contribution in [0.2, 0.25) is 0 Å². The molecule has 0 N–H and O–H groups in total. The number of esters is 1. The van der Waals surface area contributed by atoms with Crippen LogP contribution >= 0.6 is 0 Å². The van der Waals surface area contributed by atoms with Crippen molar-refractivity contribution in [2.75, 3.05) is 6.61 Å². The number of hydrogen-bond acceptors (Lipinski definition) is 3. The highest BCUT2D eigenvalue weighted by molar-refractivity contribution is 5.73. The van der Waals surface area contributed by atoms with E-state index in [1.54, 1.807) is 13.0 Å². The highest BCUT2D eigenvalue weighted by Crippen LogP contribution is 2.19. The largest absolute Gasteiger partial charge is 0.466 e. The third kappa shape index (κ3) is 3.06. The maximum absolute atomic E-state index is 11.1. The number of rotatable bonds is 3. The molecule has 0 heterocycles. The lowest BCUT2D eigenvalue weighted by Crippen LogP contribution is -2.05. The van der Waals surface area contributed by atoms with Crippen LogP contribution in [0.15, 0.2) is 23.3 Å². The summed E-state index contributed by atoms with van der Waals surface area (Å²) in [5.74, 6) is -0.228. The molecule has 74 valence electrons. The van der Waals surface area contributed by atoms with Gasteiger partial charge in [0.2, 0.25) is 0 Å². The lowest BCUT2D eigenvalue weighted by Gasteiger charge is -2.08. The molecule has 0 bridgehead atoms. The summed E-state index contributed by atoms with van der Waals surface area (Å²) in [7, 11) is 0. The smallest absolute Gasteiger partial charge is 0.310 e. The van der Waals surface area contributed by atoms with E-state index in [2.05, 4.69) is 6.07 Å². The van der Waals surface area contributed by atoms with E-state index < -0.39 is 0 Å². The van der Waals surface area contributed by atoms with Gasteiger partial charge in [-0.25, -0.2) is 0 Å². The molecule has 1 rings (SSSR count). The lowest BCUT2D eigenvalue weighted by atomic mass is 9.98. The minimum Gasteiger partial charge on any atom is -0.466 e. The van der Waals surface area contributed by atoms with Crippen molar-refractivity contribution in [1.82, 2.24) is 0 Å². The zero-order valence-electron chi connectivity index (χ0n) is 8.25. The molecule has 0 saturated heterocycles. The summed E-state index contributed by atoms with van der Waals surface area (Å²) in [5, 5.41) is 8.68. The lowest BCUT2D eigenvalue weighted by molar-refractivity contribution is -0.142. The second-order valence-corrected chi connectivity index (χ2v) is 3.08. The molecule has 0 aromatic rings. The Balaban J connectivity index is 2.54. The number of allylic oxidation sites excluding steroid dienone is 3. The first-order valence-corrected chi connectivity index (χ1v) is 4.71. The number of hydrogen-bond donors (Lipinski definition) is 0. The van der Waals surface area contributed by atoms with Gasteiger partial charge in [0.05, 0.1) is 19.1 Å². The normalized spacial score (nSPS) is 15.1. The SMILES string of the molecule is CCOC(=O)CC1=CCCC(C#N)=C1. The number of ether oxygens (including phenoxy) is 1. The Labute approximate surface area is 83.7 Å². The van der Waals surface area contributed by atoms with Crippen molar-refractivity contribution in [3.05, 3.63) is 23.3 Å². The Morgan fingerprint density at radius 3 is 3.14 bits per heavy atom. The van der Waals surface area contributed by atoms with Crippen molar-refractivity contribution in [1.29, 1.82) is 5.26 Å². The number of nitriles is 1. The molecule has 0 atom stereocenters. The molecular weight excluding hydrogens is 178 g/mol. The average Bonchev–Trinajstić information content (AvgIpc) is 2.18. The maximum Gasteiger partial charge on any atom is 0.310 e. The van der Waals surface area contributed by atoms with Crippen molar-refractivity contribution in [2.45, 2.75) is 26.2 Å². The molecule has 0 fully saturated rings. The third-order valence-corrected chi connectivity index (χ3v) is 1.98. The number of carbonyl (C=O) groups excluding carboxylic acids is 1. The van der Waals surface area contributed by atoms with Gasteiger partial charge in [-0.2, -0.15) is 5.26 Å². The predicted octanol–water partition coefficient (Wildman–Crippen LogP) is 2.11. The monoisotopic (exact) mass is 191 g/mol. The first-order chi connectivity index (χ1) is 6.76. The molecule has 0 spiro atoms. The van der Waals surface area contributed by atoms with Gasteiger partial charge in [-0.3, -0.25) is 4.79 Å². The molecule has 0 aliphatic heterocycles. The number of carbonyl (C=O) groups is 1. The van der Waals surface area contributed by atoms with E-state index >= 15 is 0 Å². The summed E-state index contributed by atoms with van der Waals surface area (Å²) < 4.78 is 4.82. The fourth-order valence-corrected chi connectivity index (χ4v) is 1.36. The van der Waals surface area contributed by atoms with Gasteiger partial charge in [0.15, 0.2) is 0 Å². The topological polar surface area (TPSA) is 50.1 Å². The minimum absolute atomic E-state index is 0.228. The van der Waals surface area contributed by atoms with Crippen LogP contribution in [-0.4, -0.2) is 12.6 Å². The Kier molecular flexibility index (Phi) is 3.93. The van der Waals surface area contributed by atoms with Crippen LogP contribution in [0.4, 0.5) is 0 Å². The Morgan fingerprint density at radius 1 is 1.71 bits per heavy atom. The van der Waals surface area contributed by atoms with Crippen molar-refractivity contribution >= 4 is 5.97 Å². The second kappa shape index (κ2) is 5.23. The fourth-order valence-electron chi connectivity index (χ4n) is 1.36. The van der Waals surface area contributed by atoms with E-state index in [0.29, 0.717) is 6.61 Å². The zero-order valence-corrected chi connectivity index (χ0v) is 8.25. The Hall–Kier alpha value is -1.56. The van der Waals surface area contributed by atoms with Crippen LogP contribution in [0.25, 0.3) is 0 Å². The molecule has 3 heteroatoms. The van der Waals surface area contributed by atoms with Crippen molar-refractivity contribution in [3.63, 3.8) is 0 Å². The van der Waals surface area contributed by atoms with Gasteiger partial charge in [0.1, 0.15) is 0 Å². The molecule has 0 unspecified atom stereocenters.